The molecule has 0 spiro atoms. The molecule has 0 bridgehead atoms. The molecule has 0 aromatic heterocycles. The van der Waals surface area contributed by atoms with Crippen LogP contribution in [0.2, 0.25) is 0 Å². The Kier molecular flexibility index (Phi) is 2.04. The van der Waals surface area contributed by atoms with Gasteiger partial charge in [0.1, 0.15) is 0 Å². The normalized spacial score (nSPS) is 38.7. The highest BCUT2D eigenvalue weighted by Gasteiger charge is 2.46. The topological polar surface area (TPSA) is 26.0 Å². The molecule has 2 N–H and O–H groups in total. The Hall–Kier alpha value is -0.0400. The van der Waals surface area contributed by atoms with Gasteiger partial charge in [0.15, 0.2) is 0 Å². The van der Waals surface area contributed by atoms with Gasteiger partial charge in [-0.25, -0.2) is 0 Å². The van der Waals surface area contributed by atoms with Crippen molar-refractivity contribution < 1.29 is 0 Å². The summed E-state index contributed by atoms with van der Waals surface area (Å²) in [6.45, 7) is 6.77. The lowest BCUT2D eigenvalue weighted by atomic mass is 10.0. The van der Waals surface area contributed by atoms with Crippen LogP contribution in [0.1, 0.15) is 40.0 Å². The Morgan fingerprint density at radius 2 is 2.10 bits per heavy atom. The van der Waals surface area contributed by atoms with E-state index in [1.54, 1.807) is 0 Å². The number of rotatable bonds is 3. The van der Waals surface area contributed by atoms with E-state index in [2.05, 4.69) is 20.8 Å². The van der Waals surface area contributed by atoms with E-state index in [0.29, 0.717) is 0 Å². The van der Waals surface area contributed by atoms with E-state index in [-0.39, 0.29) is 5.54 Å². The predicted octanol–water partition coefficient (Wildman–Crippen LogP) is 2.16. The first-order valence-corrected chi connectivity index (χ1v) is 4.33. The smallest absolute Gasteiger partial charge is 0.0184 e. The Labute approximate surface area is 64.0 Å². The fourth-order valence-electron chi connectivity index (χ4n) is 1.42. The molecule has 0 aliphatic heterocycles. The van der Waals surface area contributed by atoms with Crippen LogP contribution in [-0.4, -0.2) is 5.54 Å². The van der Waals surface area contributed by atoms with Crippen LogP contribution in [0.25, 0.3) is 0 Å². The lowest BCUT2D eigenvalue weighted by Crippen LogP contribution is -2.24. The highest BCUT2D eigenvalue weighted by molar-refractivity contribution is 5.05. The summed E-state index contributed by atoms with van der Waals surface area (Å²) in [6, 6.07) is 0. The number of hydrogen-bond donors (Lipinski definition) is 1. The molecule has 1 heteroatoms. The Morgan fingerprint density at radius 1 is 1.60 bits per heavy atom. The van der Waals surface area contributed by atoms with Crippen LogP contribution in [0, 0.1) is 11.8 Å². The van der Waals surface area contributed by atoms with Crippen molar-refractivity contribution in [2.24, 2.45) is 17.6 Å². The average molecular weight is 141 g/mol. The third-order valence-corrected chi connectivity index (χ3v) is 2.69. The second-order valence-electron chi connectivity index (χ2n) is 4.27. The molecule has 1 saturated carbocycles. The van der Waals surface area contributed by atoms with Crippen LogP contribution in [-0.2, 0) is 0 Å². The van der Waals surface area contributed by atoms with E-state index < -0.39 is 0 Å². The van der Waals surface area contributed by atoms with Gasteiger partial charge >= 0.3 is 0 Å². The van der Waals surface area contributed by atoms with Gasteiger partial charge in [0.05, 0.1) is 0 Å². The average Bonchev–Trinajstić information content (AvgIpc) is 2.38. The van der Waals surface area contributed by atoms with Crippen LogP contribution in [0.15, 0.2) is 0 Å². The Bertz CT molecular complexity index is 120. The maximum Gasteiger partial charge on any atom is 0.0184 e. The van der Waals surface area contributed by atoms with Crippen molar-refractivity contribution in [3.63, 3.8) is 0 Å². The first-order valence-electron chi connectivity index (χ1n) is 4.33. The summed E-state index contributed by atoms with van der Waals surface area (Å²) in [5.74, 6) is 1.60. The predicted molar refractivity (Wildman–Crippen MR) is 44.8 cm³/mol. The van der Waals surface area contributed by atoms with Gasteiger partial charge in [-0.15, -0.1) is 0 Å². The summed E-state index contributed by atoms with van der Waals surface area (Å²) in [7, 11) is 0. The van der Waals surface area contributed by atoms with Crippen LogP contribution in [0.4, 0.5) is 0 Å². The minimum absolute atomic E-state index is 0.240. The van der Waals surface area contributed by atoms with Gasteiger partial charge in [-0.05, 0) is 31.1 Å². The molecule has 1 aliphatic rings. The molecule has 60 valence electrons. The molecule has 1 rings (SSSR count). The van der Waals surface area contributed by atoms with E-state index in [9.17, 15) is 0 Å². The zero-order valence-electron chi connectivity index (χ0n) is 7.35. The molecular weight excluding hydrogens is 122 g/mol. The third kappa shape index (κ3) is 1.72. The van der Waals surface area contributed by atoms with Gasteiger partial charge in [-0.3, -0.25) is 0 Å². The first kappa shape index (κ1) is 8.06. The molecule has 0 amide bonds. The maximum atomic E-state index is 6.04. The van der Waals surface area contributed by atoms with Gasteiger partial charge in [-0.2, -0.15) is 0 Å². The second-order valence-corrected chi connectivity index (χ2v) is 4.27. The molecule has 10 heavy (non-hydrogen) atoms. The molecule has 0 aromatic carbocycles. The summed E-state index contributed by atoms with van der Waals surface area (Å²) in [5, 5.41) is 0. The van der Waals surface area contributed by atoms with E-state index in [0.717, 1.165) is 11.8 Å². The van der Waals surface area contributed by atoms with Crippen molar-refractivity contribution in [3.8, 4) is 0 Å². The Morgan fingerprint density at radius 3 is 2.40 bits per heavy atom. The summed E-state index contributed by atoms with van der Waals surface area (Å²) in [6.07, 6.45) is 3.77. The highest BCUT2D eigenvalue weighted by atomic mass is 14.8. The summed E-state index contributed by atoms with van der Waals surface area (Å²) in [4.78, 5) is 0. The van der Waals surface area contributed by atoms with Crippen molar-refractivity contribution in [1.29, 1.82) is 0 Å². The zero-order valence-corrected chi connectivity index (χ0v) is 7.35. The molecule has 0 heterocycles. The lowest BCUT2D eigenvalue weighted by molar-refractivity contribution is 0.469. The van der Waals surface area contributed by atoms with E-state index >= 15 is 0 Å². The first-order chi connectivity index (χ1) is 4.54. The molecule has 0 saturated heterocycles. The SMILES string of the molecule is CC(C)CCC1(N)CC1C. The molecular formula is C9H19N. The van der Waals surface area contributed by atoms with Gasteiger partial charge in [0.2, 0.25) is 0 Å². The molecule has 1 nitrogen and oxygen atoms in total. The Balaban J connectivity index is 2.15. The van der Waals surface area contributed by atoms with E-state index in [1.165, 1.54) is 19.3 Å². The fraction of sp³-hybridized carbons (Fsp3) is 1.00. The van der Waals surface area contributed by atoms with Crippen LogP contribution >= 0.6 is 0 Å². The summed E-state index contributed by atoms with van der Waals surface area (Å²) < 4.78 is 0. The summed E-state index contributed by atoms with van der Waals surface area (Å²) in [5.41, 5.74) is 6.28. The van der Waals surface area contributed by atoms with Crippen molar-refractivity contribution in [2.75, 3.05) is 0 Å². The third-order valence-electron chi connectivity index (χ3n) is 2.69. The quantitative estimate of drug-likeness (QED) is 0.640. The van der Waals surface area contributed by atoms with Crippen molar-refractivity contribution in [1.82, 2.24) is 0 Å². The molecule has 0 aromatic rings. The second kappa shape index (κ2) is 2.54. The van der Waals surface area contributed by atoms with Crippen LogP contribution in [0.5, 0.6) is 0 Å². The van der Waals surface area contributed by atoms with Gasteiger partial charge in [0, 0.05) is 5.54 Å². The molecule has 2 unspecified atom stereocenters. The molecule has 1 aliphatic carbocycles. The summed E-state index contributed by atoms with van der Waals surface area (Å²) >= 11 is 0. The molecule has 1 fully saturated rings. The van der Waals surface area contributed by atoms with Crippen molar-refractivity contribution in [2.45, 2.75) is 45.6 Å². The van der Waals surface area contributed by atoms with E-state index in [1.807, 2.05) is 0 Å². The number of nitrogens with two attached hydrogens (primary N) is 1. The molecule has 0 radical (unpaired) electrons. The minimum Gasteiger partial charge on any atom is -0.325 e. The minimum atomic E-state index is 0.240. The number of hydrogen-bond acceptors (Lipinski definition) is 1. The standard InChI is InChI=1S/C9H19N/c1-7(2)4-5-9(10)6-8(9)3/h7-8H,4-6,10H2,1-3H3. The van der Waals surface area contributed by atoms with Gasteiger partial charge in [-0.1, -0.05) is 20.8 Å². The maximum absolute atomic E-state index is 6.04. The fourth-order valence-corrected chi connectivity index (χ4v) is 1.42. The monoisotopic (exact) mass is 141 g/mol. The van der Waals surface area contributed by atoms with E-state index in [4.69, 9.17) is 5.73 Å². The van der Waals surface area contributed by atoms with Gasteiger partial charge < -0.3 is 5.73 Å². The lowest BCUT2D eigenvalue weighted by Gasteiger charge is -2.11. The van der Waals surface area contributed by atoms with Gasteiger partial charge in [0.25, 0.3) is 0 Å². The highest BCUT2D eigenvalue weighted by Crippen LogP contribution is 2.44. The molecule has 2 atom stereocenters. The zero-order chi connectivity index (χ0) is 7.78. The van der Waals surface area contributed by atoms with Crippen LogP contribution < -0.4 is 5.73 Å². The van der Waals surface area contributed by atoms with Crippen molar-refractivity contribution in [3.05, 3.63) is 0 Å². The largest absolute Gasteiger partial charge is 0.325 e. The van der Waals surface area contributed by atoms with Crippen LogP contribution in [0.3, 0.4) is 0 Å². The van der Waals surface area contributed by atoms with Crippen molar-refractivity contribution >= 4 is 0 Å².